The predicted molar refractivity (Wildman–Crippen MR) is 70.1 cm³/mol. The molecule has 0 aromatic heterocycles. The van der Waals surface area contributed by atoms with Crippen molar-refractivity contribution in [2.24, 2.45) is 0 Å². The summed E-state index contributed by atoms with van der Waals surface area (Å²) in [6.07, 6.45) is 3.82. The number of ether oxygens (including phenoxy) is 1. The fourth-order valence-electron chi connectivity index (χ4n) is 3.05. The van der Waals surface area contributed by atoms with E-state index in [1.807, 2.05) is 0 Å². The van der Waals surface area contributed by atoms with Crippen LogP contribution in [0.2, 0.25) is 0 Å². The summed E-state index contributed by atoms with van der Waals surface area (Å²) in [5.74, 6) is -1.28. The largest absolute Gasteiger partial charge is 0.493 e. The van der Waals surface area contributed by atoms with Crippen LogP contribution in [0.3, 0.4) is 0 Å². The summed E-state index contributed by atoms with van der Waals surface area (Å²) in [5.41, 5.74) is 0.204. The molecule has 1 fully saturated rings. The van der Waals surface area contributed by atoms with Crippen LogP contribution in [0, 0.1) is 12.7 Å². The minimum atomic E-state index is -1.00. The van der Waals surface area contributed by atoms with Crippen LogP contribution in [0.4, 0.5) is 4.39 Å². The SMILES string of the molecule is COc1c(F)cc(C)cc1C1(C(=O)O)CCCCC1. The number of aryl methyl sites for hydroxylation is 1. The van der Waals surface area contributed by atoms with E-state index >= 15 is 0 Å². The van der Waals surface area contributed by atoms with Gasteiger partial charge in [0.1, 0.15) is 0 Å². The minimum absolute atomic E-state index is 0.0786. The maximum absolute atomic E-state index is 14.0. The number of methoxy groups -OCH3 is 1. The Morgan fingerprint density at radius 1 is 1.32 bits per heavy atom. The molecule has 1 N–H and O–H groups in total. The van der Waals surface area contributed by atoms with Gasteiger partial charge in [0.25, 0.3) is 0 Å². The van der Waals surface area contributed by atoms with Gasteiger partial charge in [0.2, 0.25) is 0 Å². The minimum Gasteiger partial charge on any atom is -0.493 e. The van der Waals surface area contributed by atoms with Gasteiger partial charge >= 0.3 is 5.97 Å². The summed E-state index contributed by atoms with van der Waals surface area (Å²) in [5, 5.41) is 9.67. The quantitative estimate of drug-likeness (QED) is 0.911. The first-order valence-corrected chi connectivity index (χ1v) is 6.59. The van der Waals surface area contributed by atoms with Crippen LogP contribution in [0.15, 0.2) is 12.1 Å². The second-order valence-electron chi connectivity index (χ2n) is 5.28. The van der Waals surface area contributed by atoms with Crippen molar-refractivity contribution in [2.45, 2.75) is 44.4 Å². The number of aliphatic carboxylic acids is 1. The molecule has 104 valence electrons. The first-order chi connectivity index (χ1) is 9.01. The maximum atomic E-state index is 14.0. The normalized spacial score (nSPS) is 18.1. The van der Waals surface area contributed by atoms with E-state index < -0.39 is 17.2 Å². The van der Waals surface area contributed by atoms with E-state index in [1.54, 1.807) is 13.0 Å². The molecule has 2 rings (SSSR count). The van der Waals surface area contributed by atoms with Crippen LogP contribution in [-0.2, 0) is 10.2 Å². The standard InChI is InChI=1S/C15H19FO3/c1-10-8-11(13(19-2)12(16)9-10)15(14(17)18)6-4-3-5-7-15/h8-9H,3-7H2,1-2H3,(H,17,18). The molecule has 3 nitrogen and oxygen atoms in total. The molecule has 0 heterocycles. The summed E-state index contributed by atoms with van der Waals surface area (Å²) in [6, 6.07) is 3.13. The molecule has 1 aromatic rings. The fourth-order valence-corrected chi connectivity index (χ4v) is 3.05. The number of benzene rings is 1. The number of hydrogen-bond acceptors (Lipinski definition) is 2. The molecule has 1 saturated carbocycles. The van der Waals surface area contributed by atoms with Gasteiger partial charge in [-0.15, -0.1) is 0 Å². The van der Waals surface area contributed by atoms with E-state index in [0.29, 0.717) is 18.4 Å². The summed E-state index contributed by atoms with van der Waals surface area (Å²) in [4.78, 5) is 11.8. The Morgan fingerprint density at radius 2 is 1.95 bits per heavy atom. The summed E-state index contributed by atoms with van der Waals surface area (Å²) >= 11 is 0. The van der Waals surface area contributed by atoms with Crippen molar-refractivity contribution in [3.8, 4) is 5.75 Å². The van der Waals surface area contributed by atoms with Gasteiger partial charge in [0.05, 0.1) is 12.5 Å². The molecule has 1 aromatic carbocycles. The van der Waals surface area contributed by atoms with Gasteiger partial charge in [0.15, 0.2) is 11.6 Å². The van der Waals surface area contributed by atoms with E-state index in [2.05, 4.69) is 0 Å². The molecule has 0 radical (unpaired) electrons. The monoisotopic (exact) mass is 266 g/mol. The number of carboxylic acid groups (broad SMARTS) is 1. The topological polar surface area (TPSA) is 46.5 Å². The summed E-state index contributed by atoms with van der Waals surface area (Å²) in [7, 11) is 1.38. The zero-order valence-corrected chi connectivity index (χ0v) is 11.3. The van der Waals surface area contributed by atoms with Crippen LogP contribution in [0.25, 0.3) is 0 Å². The van der Waals surface area contributed by atoms with Crippen LogP contribution >= 0.6 is 0 Å². The van der Waals surface area contributed by atoms with E-state index in [9.17, 15) is 14.3 Å². The van der Waals surface area contributed by atoms with Crippen molar-refractivity contribution in [3.63, 3.8) is 0 Å². The lowest BCUT2D eigenvalue weighted by Gasteiger charge is -2.34. The van der Waals surface area contributed by atoms with Crippen molar-refractivity contribution >= 4 is 5.97 Å². The third-order valence-electron chi connectivity index (χ3n) is 4.02. The van der Waals surface area contributed by atoms with Crippen LogP contribution in [-0.4, -0.2) is 18.2 Å². The van der Waals surface area contributed by atoms with Crippen LogP contribution < -0.4 is 4.74 Å². The average molecular weight is 266 g/mol. The molecule has 0 saturated heterocycles. The van der Waals surface area contributed by atoms with Gasteiger partial charge in [0, 0.05) is 5.56 Å². The number of hydrogen-bond donors (Lipinski definition) is 1. The lowest BCUT2D eigenvalue weighted by molar-refractivity contribution is -0.145. The highest BCUT2D eigenvalue weighted by Crippen LogP contribution is 2.44. The van der Waals surface area contributed by atoms with Gasteiger partial charge in [-0.25, -0.2) is 4.39 Å². The molecule has 0 amide bonds. The van der Waals surface area contributed by atoms with Crippen molar-refractivity contribution < 1.29 is 19.0 Å². The van der Waals surface area contributed by atoms with E-state index in [0.717, 1.165) is 24.8 Å². The molecule has 0 atom stereocenters. The van der Waals surface area contributed by atoms with Crippen molar-refractivity contribution in [3.05, 3.63) is 29.1 Å². The smallest absolute Gasteiger partial charge is 0.314 e. The van der Waals surface area contributed by atoms with Crippen molar-refractivity contribution in [2.75, 3.05) is 7.11 Å². The highest BCUT2D eigenvalue weighted by atomic mass is 19.1. The molecule has 0 aliphatic heterocycles. The Balaban J connectivity index is 2.62. The highest BCUT2D eigenvalue weighted by Gasteiger charge is 2.44. The molecule has 4 heteroatoms. The fraction of sp³-hybridized carbons (Fsp3) is 0.533. The Bertz CT molecular complexity index is 490. The van der Waals surface area contributed by atoms with Crippen LogP contribution in [0.5, 0.6) is 5.75 Å². The number of halogens is 1. The molecule has 1 aliphatic rings. The molecular formula is C15H19FO3. The predicted octanol–water partition coefficient (Wildman–Crippen LogP) is 3.43. The summed E-state index contributed by atoms with van der Waals surface area (Å²) < 4.78 is 19.1. The number of carbonyl (C=O) groups is 1. The average Bonchev–Trinajstić information content (AvgIpc) is 2.38. The van der Waals surface area contributed by atoms with E-state index in [4.69, 9.17) is 4.74 Å². The molecule has 1 aliphatic carbocycles. The third-order valence-corrected chi connectivity index (χ3v) is 4.02. The molecule has 0 bridgehead atoms. The van der Waals surface area contributed by atoms with Gasteiger partial charge in [-0.3, -0.25) is 4.79 Å². The first kappa shape index (κ1) is 13.8. The lowest BCUT2D eigenvalue weighted by atomic mass is 9.69. The Morgan fingerprint density at radius 3 is 2.47 bits per heavy atom. The Hall–Kier alpha value is -1.58. The van der Waals surface area contributed by atoms with Crippen LogP contribution in [0.1, 0.15) is 43.2 Å². The summed E-state index contributed by atoms with van der Waals surface area (Å²) in [6.45, 7) is 1.77. The Labute approximate surface area is 112 Å². The zero-order chi connectivity index (χ0) is 14.0. The molecule has 0 unspecified atom stereocenters. The second-order valence-corrected chi connectivity index (χ2v) is 5.28. The number of carboxylic acids is 1. The lowest BCUT2D eigenvalue weighted by Crippen LogP contribution is -2.38. The van der Waals surface area contributed by atoms with Crippen molar-refractivity contribution in [1.82, 2.24) is 0 Å². The first-order valence-electron chi connectivity index (χ1n) is 6.59. The maximum Gasteiger partial charge on any atom is 0.314 e. The van der Waals surface area contributed by atoms with E-state index in [-0.39, 0.29) is 5.75 Å². The molecule has 19 heavy (non-hydrogen) atoms. The van der Waals surface area contributed by atoms with E-state index in [1.165, 1.54) is 13.2 Å². The van der Waals surface area contributed by atoms with Gasteiger partial charge in [-0.1, -0.05) is 25.3 Å². The van der Waals surface area contributed by atoms with Gasteiger partial charge < -0.3 is 9.84 Å². The zero-order valence-electron chi connectivity index (χ0n) is 11.3. The number of rotatable bonds is 3. The third kappa shape index (κ3) is 2.31. The van der Waals surface area contributed by atoms with Gasteiger partial charge in [-0.05, 0) is 31.4 Å². The van der Waals surface area contributed by atoms with Crippen molar-refractivity contribution in [1.29, 1.82) is 0 Å². The molecule has 0 spiro atoms. The Kier molecular flexibility index (Phi) is 3.78. The van der Waals surface area contributed by atoms with Gasteiger partial charge in [-0.2, -0.15) is 0 Å². The molecular weight excluding hydrogens is 247 g/mol. The highest BCUT2D eigenvalue weighted by molar-refractivity contribution is 5.82. The second kappa shape index (κ2) is 5.19.